The third kappa shape index (κ3) is 3.59. The van der Waals surface area contributed by atoms with E-state index >= 15 is 0 Å². The fourth-order valence-corrected chi connectivity index (χ4v) is 2.57. The van der Waals surface area contributed by atoms with Gasteiger partial charge in [-0.2, -0.15) is 0 Å². The van der Waals surface area contributed by atoms with E-state index in [1.54, 1.807) is 20.8 Å². The minimum Gasteiger partial charge on any atom is -0.251 e. The average Bonchev–Trinajstić information content (AvgIpc) is 2.22. The van der Waals surface area contributed by atoms with Crippen LogP contribution in [0.15, 0.2) is 16.6 Å². The van der Waals surface area contributed by atoms with E-state index in [4.69, 9.17) is 5.14 Å². The molecule has 0 aliphatic rings. The van der Waals surface area contributed by atoms with E-state index in [0.717, 1.165) is 6.07 Å². The van der Waals surface area contributed by atoms with Crippen LogP contribution in [0.1, 0.15) is 38.7 Å². The minimum atomic E-state index is -1.51. The Morgan fingerprint density at radius 2 is 1.94 bits per heavy atom. The van der Waals surface area contributed by atoms with Gasteiger partial charge < -0.3 is 0 Å². The van der Waals surface area contributed by atoms with Gasteiger partial charge in [-0.05, 0) is 59.8 Å². The molecule has 1 aromatic carbocycles. The second kappa shape index (κ2) is 5.75. The number of rotatable bonds is 4. The lowest BCUT2D eigenvalue weighted by Gasteiger charge is -2.25. The van der Waals surface area contributed by atoms with E-state index in [0.29, 0.717) is 6.42 Å². The molecule has 0 aromatic heterocycles. The van der Waals surface area contributed by atoms with Gasteiger partial charge in [0.2, 0.25) is 0 Å². The normalized spacial score (nSPS) is 15.5. The predicted molar refractivity (Wildman–Crippen MR) is 73.5 cm³/mol. The molecule has 0 aliphatic heterocycles. The van der Waals surface area contributed by atoms with Crippen LogP contribution < -0.4 is 5.14 Å². The molecule has 0 fully saturated rings. The van der Waals surface area contributed by atoms with Crippen molar-refractivity contribution in [3.8, 4) is 0 Å². The molecule has 2 nitrogen and oxygen atoms in total. The summed E-state index contributed by atoms with van der Waals surface area (Å²) in [6, 6.07) is 2.27. The van der Waals surface area contributed by atoms with E-state index in [1.165, 1.54) is 6.07 Å². The summed E-state index contributed by atoms with van der Waals surface area (Å²) < 4.78 is 38.0. The third-order valence-corrected chi connectivity index (χ3v) is 4.78. The summed E-state index contributed by atoms with van der Waals surface area (Å²) in [6.45, 7) is 5.25. The third-order valence-electron chi connectivity index (χ3n) is 2.91. The summed E-state index contributed by atoms with van der Waals surface area (Å²) in [4.78, 5) is 0. The maximum absolute atomic E-state index is 13.8. The van der Waals surface area contributed by atoms with Gasteiger partial charge in [-0.3, -0.25) is 5.14 Å². The molecule has 0 bridgehead atoms. The first-order chi connectivity index (χ1) is 8.15. The van der Waals surface area contributed by atoms with Crippen LogP contribution >= 0.6 is 15.9 Å². The van der Waals surface area contributed by atoms with Crippen LogP contribution in [0.4, 0.5) is 8.78 Å². The largest absolute Gasteiger partial charge is 0.251 e. The van der Waals surface area contributed by atoms with Gasteiger partial charge in [0.1, 0.15) is 11.6 Å². The maximum Gasteiger partial charge on any atom is 0.137 e. The Kier molecular flexibility index (Phi) is 5.03. The Balaban J connectivity index is 3.01. The van der Waals surface area contributed by atoms with Crippen molar-refractivity contribution in [3.05, 3.63) is 33.8 Å². The summed E-state index contributed by atoms with van der Waals surface area (Å²) in [5.74, 6) is -1.26. The highest BCUT2D eigenvalue weighted by Crippen LogP contribution is 2.32. The molecule has 0 spiro atoms. The lowest BCUT2D eigenvalue weighted by atomic mass is 9.91. The standard InChI is InChI=1S/C12H16BrF2NOS/c1-7(6-12(2,3)18(16)17)8-4-11(15)9(13)5-10(8)14/h4-5,7H,6,16H2,1-3H3/t7-,18?/m0/s1. The summed E-state index contributed by atoms with van der Waals surface area (Å²) in [6.07, 6.45) is 0.411. The van der Waals surface area contributed by atoms with E-state index < -0.39 is 27.4 Å². The monoisotopic (exact) mass is 339 g/mol. The number of benzene rings is 1. The highest BCUT2D eigenvalue weighted by atomic mass is 79.9. The van der Waals surface area contributed by atoms with E-state index in [9.17, 15) is 13.0 Å². The molecule has 18 heavy (non-hydrogen) atoms. The molecular formula is C12H16BrF2NOS. The van der Waals surface area contributed by atoms with Crippen molar-refractivity contribution < 1.29 is 13.0 Å². The summed E-state index contributed by atoms with van der Waals surface area (Å²) in [5.41, 5.74) is 0.272. The molecule has 0 saturated heterocycles. The van der Waals surface area contributed by atoms with Gasteiger partial charge >= 0.3 is 0 Å². The van der Waals surface area contributed by atoms with Gasteiger partial charge in [0.25, 0.3) is 0 Å². The lowest BCUT2D eigenvalue weighted by Crippen LogP contribution is -2.33. The molecule has 102 valence electrons. The molecule has 1 aromatic rings. The fourth-order valence-electron chi connectivity index (χ4n) is 1.85. The van der Waals surface area contributed by atoms with Crippen molar-refractivity contribution >= 4 is 26.9 Å². The Bertz CT molecular complexity index is 479. The number of nitrogens with two attached hydrogens (primary N) is 1. The first kappa shape index (κ1) is 15.7. The lowest BCUT2D eigenvalue weighted by molar-refractivity contribution is 0.509. The highest BCUT2D eigenvalue weighted by molar-refractivity contribution is 9.10. The van der Waals surface area contributed by atoms with Gasteiger partial charge in [-0.15, -0.1) is 0 Å². The van der Waals surface area contributed by atoms with Crippen molar-refractivity contribution in [1.82, 2.24) is 0 Å². The second-order valence-corrected chi connectivity index (χ2v) is 7.50. The molecule has 0 heterocycles. The van der Waals surface area contributed by atoms with E-state index in [-0.39, 0.29) is 16.0 Å². The predicted octanol–water partition coefficient (Wildman–Crippen LogP) is 3.62. The molecule has 2 atom stereocenters. The Morgan fingerprint density at radius 3 is 2.44 bits per heavy atom. The summed E-state index contributed by atoms with van der Waals surface area (Å²) in [5, 5.41) is 5.39. The van der Waals surface area contributed by atoms with Crippen LogP contribution in [-0.2, 0) is 11.0 Å². The molecule has 0 amide bonds. The Hall–Kier alpha value is -0.330. The van der Waals surface area contributed by atoms with Gasteiger partial charge in [-0.1, -0.05) is 6.92 Å². The molecule has 0 aliphatic carbocycles. The Morgan fingerprint density at radius 1 is 1.39 bits per heavy atom. The zero-order valence-corrected chi connectivity index (χ0v) is 12.9. The van der Waals surface area contributed by atoms with Crippen molar-refractivity contribution in [3.63, 3.8) is 0 Å². The molecule has 2 N–H and O–H groups in total. The smallest absolute Gasteiger partial charge is 0.137 e. The fraction of sp³-hybridized carbons (Fsp3) is 0.500. The van der Waals surface area contributed by atoms with Crippen LogP contribution in [0.5, 0.6) is 0 Å². The maximum atomic E-state index is 13.8. The van der Waals surface area contributed by atoms with Gasteiger partial charge in [0.05, 0.1) is 20.2 Å². The van der Waals surface area contributed by atoms with Crippen LogP contribution in [0.3, 0.4) is 0 Å². The van der Waals surface area contributed by atoms with Crippen LogP contribution in [-0.4, -0.2) is 8.96 Å². The summed E-state index contributed by atoms with van der Waals surface area (Å²) in [7, 11) is -1.51. The molecule has 6 heteroatoms. The van der Waals surface area contributed by atoms with Crippen molar-refractivity contribution in [2.24, 2.45) is 5.14 Å². The number of halogens is 3. The van der Waals surface area contributed by atoms with E-state index in [1.807, 2.05) is 0 Å². The van der Waals surface area contributed by atoms with Gasteiger partial charge in [0.15, 0.2) is 0 Å². The highest BCUT2D eigenvalue weighted by Gasteiger charge is 2.28. The van der Waals surface area contributed by atoms with Crippen LogP contribution in [0, 0.1) is 11.6 Å². The van der Waals surface area contributed by atoms with Gasteiger partial charge in [0, 0.05) is 0 Å². The molecule has 0 radical (unpaired) electrons. The SMILES string of the molecule is C[C@@H](CC(C)(C)S(N)=O)c1cc(F)c(Br)cc1F. The molecular weight excluding hydrogens is 324 g/mol. The second-order valence-electron chi connectivity index (χ2n) is 4.95. The quantitative estimate of drug-likeness (QED) is 0.836. The average molecular weight is 340 g/mol. The number of hydrogen-bond donors (Lipinski definition) is 1. The van der Waals surface area contributed by atoms with Crippen LogP contribution in [0.2, 0.25) is 0 Å². The van der Waals surface area contributed by atoms with Crippen molar-refractivity contribution in [2.45, 2.75) is 37.9 Å². The zero-order chi connectivity index (χ0) is 14.1. The van der Waals surface area contributed by atoms with E-state index in [2.05, 4.69) is 15.9 Å². The van der Waals surface area contributed by atoms with Crippen molar-refractivity contribution in [1.29, 1.82) is 0 Å². The topological polar surface area (TPSA) is 43.1 Å². The Labute approximate surface area is 117 Å². The first-order valence-electron chi connectivity index (χ1n) is 5.46. The first-order valence-corrected chi connectivity index (χ1v) is 7.46. The van der Waals surface area contributed by atoms with Gasteiger partial charge in [-0.25, -0.2) is 13.0 Å². The molecule has 1 rings (SSSR count). The summed E-state index contributed by atoms with van der Waals surface area (Å²) >= 11 is 2.93. The zero-order valence-electron chi connectivity index (χ0n) is 10.5. The molecule has 1 unspecified atom stereocenters. The van der Waals surface area contributed by atoms with Crippen molar-refractivity contribution in [2.75, 3.05) is 0 Å². The number of hydrogen-bond acceptors (Lipinski definition) is 1. The minimum absolute atomic E-state index is 0.0950. The molecule has 0 saturated carbocycles. The van der Waals surface area contributed by atoms with Crippen LogP contribution in [0.25, 0.3) is 0 Å².